The van der Waals surface area contributed by atoms with Gasteiger partial charge in [0.1, 0.15) is 0 Å². The summed E-state index contributed by atoms with van der Waals surface area (Å²) < 4.78 is 11.9. The number of hydrogen-bond donors (Lipinski definition) is 1. The van der Waals surface area contributed by atoms with E-state index < -0.39 is 10.8 Å². The highest BCUT2D eigenvalue weighted by Crippen LogP contribution is 2.14. The van der Waals surface area contributed by atoms with E-state index in [1.54, 1.807) is 0 Å². The second kappa shape index (κ2) is 6.64. The van der Waals surface area contributed by atoms with Crippen molar-refractivity contribution in [1.82, 2.24) is 5.32 Å². The normalized spacial score (nSPS) is 16.7. The summed E-state index contributed by atoms with van der Waals surface area (Å²) in [7, 11) is -0.754. The van der Waals surface area contributed by atoms with Gasteiger partial charge in [0.25, 0.3) is 0 Å². The smallest absolute Gasteiger partial charge is 0.0396 e. The predicted molar refractivity (Wildman–Crippen MR) is 69.7 cm³/mol. The molecule has 2 unspecified atom stereocenters. The molecule has 0 aromatic rings. The van der Waals surface area contributed by atoms with Crippen LogP contribution in [0.2, 0.25) is 0 Å². The molecule has 15 heavy (non-hydrogen) atoms. The first-order valence-corrected chi connectivity index (χ1v) is 7.22. The van der Waals surface area contributed by atoms with Crippen molar-refractivity contribution in [1.29, 1.82) is 0 Å². The molecule has 1 N–H and O–H groups in total. The quantitative estimate of drug-likeness (QED) is 0.764. The minimum atomic E-state index is -0.754. The Labute approximate surface area is 97.7 Å². The van der Waals surface area contributed by atoms with Gasteiger partial charge < -0.3 is 5.32 Å². The summed E-state index contributed by atoms with van der Waals surface area (Å²) in [4.78, 5) is 0. The van der Waals surface area contributed by atoms with Gasteiger partial charge in [0, 0.05) is 27.3 Å². The summed E-state index contributed by atoms with van der Waals surface area (Å²) in [5, 5.41) is 3.48. The zero-order chi connectivity index (χ0) is 12.1. The van der Waals surface area contributed by atoms with Crippen LogP contribution < -0.4 is 5.32 Å². The standard InChI is InChI=1S/C12H27NOS/c1-7-8-13-11(10(2)3)9-15(14)12(4,5)6/h10-11,13H,7-9H2,1-6H3. The lowest BCUT2D eigenvalue weighted by atomic mass is 10.1. The van der Waals surface area contributed by atoms with Gasteiger partial charge in [0.2, 0.25) is 0 Å². The average Bonchev–Trinajstić information content (AvgIpc) is 2.09. The first-order chi connectivity index (χ1) is 6.79. The lowest BCUT2D eigenvalue weighted by Crippen LogP contribution is -2.42. The second-order valence-electron chi connectivity index (χ2n) is 5.43. The molecule has 92 valence electrons. The summed E-state index contributed by atoms with van der Waals surface area (Å²) in [6, 6.07) is 0.380. The van der Waals surface area contributed by atoms with Crippen LogP contribution in [0.4, 0.5) is 0 Å². The topological polar surface area (TPSA) is 29.1 Å². The van der Waals surface area contributed by atoms with Crippen LogP contribution in [0, 0.1) is 5.92 Å². The van der Waals surface area contributed by atoms with Crippen LogP contribution in [0.1, 0.15) is 48.0 Å². The van der Waals surface area contributed by atoms with Crippen molar-refractivity contribution < 1.29 is 4.21 Å². The molecule has 2 nitrogen and oxygen atoms in total. The van der Waals surface area contributed by atoms with Gasteiger partial charge in [-0.25, -0.2) is 0 Å². The molecule has 0 rings (SSSR count). The van der Waals surface area contributed by atoms with Gasteiger partial charge in [-0.2, -0.15) is 0 Å². The summed E-state index contributed by atoms with van der Waals surface area (Å²) >= 11 is 0. The maximum atomic E-state index is 12.0. The Hall–Kier alpha value is 0.110. The molecule has 3 heteroatoms. The minimum Gasteiger partial charge on any atom is -0.313 e. The molecule has 0 saturated heterocycles. The Bertz CT molecular complexity index is 196. The summed E-state index contributed by atoms with van der Waals surface area (Å²) in [6.07, 6.45) is 1.13. The Morgan fingerprint density at radius 2 is 1.80 bits per heavy atom. The van der Waals surface area contributed by atoms with E-state index in [-0.39, 0.29) is 4.75 Å². The number of nitrogens with one attached hydrogen (secondary N) is 1. The van der Waals surface area contributed by atoms with Gasteiger partial charge in [0.15, 0.2) is 0 Å². The highest BCUT2D eigenvalue weighted by Gasteiger charge is 2.24. The van der Waals surface area contributed by atoms with Gasteiger partial charge >= 0.3 is 0 Å². The summed E-state index contributed by atoms with van der Waals surface area (Å²) in [5.41, 5.74) is 0. The van der Waals surface area contributed by atoms with Crippen LogP contribution in [0.25, 0.3) is 0 Å². The molecule has 0 amide bonds. The van der Waals surface area contributed by atoms with E-state index in [2.05, 4.69) is 26.1 Å². The predicted octanol–water partition coefficient (Wildman–Crippen LogP) is 2.56. The highest BCUT2D eigenvalue weighted by molar-refractivity contribution is 7.86. The van der Waals surface area contributed by atoms with Crippen LogP contribution >= 0.6 is 0 Å². The molecular weight excluding hydrogens is 206 g/mol. The third-order valence-corrected chi connectivity index (χ3v) is 4.50. The zero-order valence-corrected chi connectivity index (χ0v) is 11.9. The monoisotopic (exact) mass is 233 g/mol. The van der Waals surface area contributed by atoms with Crippen molar-refractivity contribution in [2.24, 2.45) is 5.92 Å². The molecule has 2 atom stereocenters. The Balaban J connectivity index is 4.23. The van der Waals surface area contributed by atoms with Crippen molar-refractivity contribution in [2.45, 2.75) is 58.8 Å². The fraction of sp³-hybridized carbons (Fsp3) is 1.00. The molecule has 0 spiro atoms. The molecule has 0 radical (unpaired) electrons. The van der Waals surface area contributed by atoms with E-state index >= 15 is 0 Å². The van der Waals surface area contributed by atoms with Crippen LogP contribution in [0.15, 0.2) is 0 Å². The molecule has 0 fully saturated rings. The van der Waals surface area contributed by atoms with Crippen LogP contribution in [0.5, 0.6) is 0 Å². The van der Waals surface area contributed by atoms with Crippen LogP contribution in [-0.2, 0) is 10.8 Å². The van der Waals surface area contributed by atoms with Crippen LogP contribution in [0.3, 0.4) is 0 Å². The van der Waals surface area contributed by atoms with Gasteiger partial charge in [-0.3, -0.25) is 4.21 Å². The summed E-state index contributed by atoms with van der Waals surface area (Å²) in [6.45, 7) is 13.7. The average molecular weight is 233 g/mol. The van der Waals surface area contributed by atoms with E-state index in [1.165, 1.54) is 0 Å². The van der Waals surface area contributed by atoms with Crippen molar-refractivity contribution in [3.8, 4) is 0 Å². The Kier molecular flexibility index (Phi) is 6.69. The number of rotatable bonds is 6. The lowest BCUT2D eigenvalue weighted by Gasteiger charge is -2.26. The molecule has 0 saturated carbocycles. The van der Waals surface area contributed by atoms with Crippen molar-refractivity contribution in [3.05, 3.63) is 0 Å². The van der Waals surface area contributed by atoms with Gasteiger partial charge in [-0.05, 0) is 39.7 Å². The molecule has 0 aromatic heterocycles. The first-order valence-electron chi connectivity index (χ1n) is 5.91. The van der Waals surface area contributed by atoms with Crippen molar-refractivity contribution in [2.75, 3.05) is 12.3 Å². The molecule has 0 bridgehead atoms. The van der Waals surface area contributed by atoms with E-state index in [0.717, 1.165) is 18.7 Å². The lowest BCUT2D eigenvalue weighted by molar-refractivity contribution is 0.429. The maximum absolute atomic E-state index is 12.0. The zero-order valence-electron chi connectivity index (χ0n) is 11.1. The third kappa shape index (κ3) is 6.31. The second-order valence-corrected chi connectivity index (χ2v) is 7.68. The number of hydrogen-bond acceptors (Lipinski definition) is 2. The van der Waals surface area contributed by atoms with Crippen molar-refractivity contribution in [3.63, 3.8) is 0 Å². The molecule has 0 aliphatic rings. The molecule has 0 aliphatic heterocycles. The molecule has 0 aromatic carbocycles. The Morgan fingerprint density at radius 1 is 1.27 bits per heavy atom. The fourth-order valence-electron chi connectivity index (χ4n) is 1.23. The van der Waals surface area contributed by atoms with E-state index in [9.17, 15) is 4.21 Å². The third-order valence-electron chi connectivity index (χ3n) is 2.48. The molecular formula is C12H27NOS. The van der Waals surface area contributed by atoms with E-state index in [4.69, 9.17) is 0 Å². The van der Waals surface area contributed by atoms with Crippen LogP contribution in [-0.4, -0.2) is 27.3 Å². The van der Waals surface area contributed by atoms with Gasteiger partial charge in [-0.15, -0.1) is 0 Å². The minimum absolute atomic E-state index is 0.0962. The van der Waals surface area contributed by atoms with E-state index in [0.29, 0.717) is 12.0 Å². The fourth-order valence-corrected chi connectivity index (χ4v) is 2.56. The summed E-state index contributed by atoms with van der Waals surface area (Å²) in [5.74, 6) is 1.31. The molecule has 0 heterocycles. The Morgan fingerprint density at radius 3 is 2.13 bits per heavy atom. The van der Waals surface area contributed by atoms with E-state index in [1.807, 2.05) is 20.8 Å². The van der Waals surface area contributed by atoms with Gasteiger partial charge in [0.05, 0.1) is 0 Å². The molecule has 0 aliphatic carbocycles. The largest absolute Gasteiger partial charge is 0.313 e. The van der Waals surface area contributed by atoms with Gasteiger partial charge in [-0.1, -0.05) is 20.8 Å². The SMILES string of the molecule is CCCNC(CS(=O)C(C)(C)C)C(C)C. The van der Waals surface area contributed by atoms with Crippen molar-refractivity contribution >= 4 is 10.8 Å². The maximum Gasteiger partial charge on any atom is 0.0396 e. The highest BCUT2D eigenvalue weighted by atomic mass is 32.2. The first kappa shape index (κ1) is 15.1.